The van der Waals surface area contributed by atoms with E-state index in [0.717, 1.165) is 0 Å². The highest BCUT2D eigenvalue weighted by Gasteiger charge is 2.25. The maximum Gasteiger partial charge on any atom is 0.242 e. The number of hydrogen-bond acceptors (Lipinski definition) is 5. The average molecular weight is 444 g/mol. The van der Waals surface area contributed by atoms with Crippen LogP contribution in [0.4, 0.5) is 0 Å². The lowest BCUT2D eigenvalue weighted by Gasteiger charge is -2.33. The van der Waals surface area contributed by atoms with Crippen molar-refractivity contribution >= 4 is 43.2 Å². The number of sulfonamides is 2. The molecule has 1 aliphatic rings. The Morgan fingerprint density at radius 3 is 2.19 bits per heavy atom. The Morgan fingerprint density at radius 2 is 1.65 bits per heavy atom. The van der Waals surface area contributed by atoms with Crippen molar-refractivity contribution in [2.75, 3.05) is 45.5 Å². The first-order valence-electron chi connectivity index (χ1n) is 8.06. The van der Waals surface area contributed by atoms with Crippen molar-refractivity contribution in [3.8, 4) is 0 Å². The topological polar surface area (TPSA) is 86.8 Å². The van der Waals surface area contributed by atoms with E-state index in [1.165, 1.54) is 10.6 Å². The van der Waals surface area contributed by atoms with Gasteiger partial charge in [-0.25, -0.2) is 21.6 Å². The SMILES string of the molecule is Cc1cc(Cl)c(C)c(S(=O)(=O)NCCN2CCN(S(C)(=O)=O)CC2)c1Cl. The summed E-state index contributed by atoms with van der Waals surface area (Å²) in [5.74, 6) is 0. The third kappa shape index (κ3) is 5.09. The molecular formula is C15H23Cl2N3O4S2. The standard InChI is InChI=1S/C15H23Cl2N3O4S2/c1-11-10-13(16)12(2)15(14(11)17)26(23,24)18-4-5-19-6-8-20(9-7-19)25(3,21)22/h10,18H,4-9H2,1-3H3. The van der Waals surface area contributed by atoms with Gasteiger partial charge in [0.25, 0.3) is 0 Å². The van der Waals surface area contributed by atoms with Crippen LogP contribution in [0.3, 0.4) is 0 Å². The van der Waals surface area contributed by atoms with Gasteiger partial charge >= 0.3 is 0 Å². The van der Waals surface area contributed by atoms with E-state index < -0.39 is 20.0 Å². The molecule has 0 unspecified atom stereocenters. The molecule has 0 bridgehead atoms. The molecule has 0 radical (unpaired) electrons. The molecule has 0 spiro atoms. The zero-order chi connectivity index (χ0) is 19.7. The second kappa shape index (κ2) is 8.30. The number of halogens is 2. The van der Waals surface area contributed by atoms with E-state index in [1.54, 1.807) is 19.9 Å². The molecule has 26 heavy (non-hydrogen) atoms. The van der Waals surface area contributed by atoms with Gasteiger partial charge in [-0.15, -0.1) is 0 Å². The molecule has 1 aromatic carbocycles. The van der Waals surface area contributed by atoms with Crippen molar-refractivity contribution < 1.29 is 16.8 Å². The summed E-state index contributed by atoms with van der Waals surface area (Å²) < 4.78 is 52.3. The van der Waals surface area contributed by atoms with Crippen molar-refractivity contribution in [1.29, 1.82) is 0 Å². The zero-order valence-electron chi connectivity index (χ0n) is 14.9. The van der Waals surface area contributed by atoms with Crippen LogP contribution in [0.25, 0.3) is 0 Å². The molecule has 1 heterocycles. The number of rotatable bonds is 6. The molecule has 1 N–H and O–H groups in total. The summed E-state index contributed by atoms with van der Waals surface area (Å²) in [5.41, 5.74) is 1.01. The van der Waals surface area contributed by atoms with Crippen LogP contribution in [0.15, 0.2) is 11.0 Å². The Balaban J connectivity index is 1.99. The van der Waals surface area contributed by atoms with Gasteiger partial charge in [0.15, 0.2) is 0 Å². The molecular weight excluding hydrogens is 421 g/mol. The number of nitrogens with one attached hydrogen (secondary N) is 1. The second-order valence-corrected chi connectivity index (χ2v) is 10.8. The Hall–Kier alpha value is -0.420. The molecule has 1 fully saturated rings. The minimum absolute atomic E-state index is 0.00561. The van der Waals surface area contributed by atoms with Gasteiger partial charge in [0.2, 0.25) is 20.0 Å². The maximum atomic E-state index is 12.6. The smallest absolute Gasteiger partial charge is 0.242 e. The van der Waals surface area contributed by atoms with Crippen LogP contribution in [0.2, 0.25) is 10.0 Å². The molecule has 1 saturated heterocycles. The number of benzene rings is 1. The predicted molar refractivity (Wildman–Crippen MR) is 104 cm³/mol. The van der Waals surface area contributed by atoms with Gasteiger partial charge in [-0.3, -0.25) is 4.90 Å². The normalized spacial score (nSPS) is 17.6. The lowest BCUT2D eigenvalue weighted by Crippen LogP contribution is -2.49. The summed E-state index contributed by atoms with van der Waals surface area (Å²) in [6.07, 6.45) is 1.19. The summed E-state index contributed by atoms with van der Waals surface area (Å²) in [4.78, 5) is 2.02. The summed E-state index contributed by atoms with van der Waals surface area (Å²) in [5, 5.41) is 0.519. The van der Waals surface area contributed by atoms with Crippen LogP contribution in [-0.2, 0) is 20.0 Å². The summed E-state index contributed by atoms with van der Waals surface area (Å²) >= 11 is 12.3. The minimum atomic E-state index is -3.80. The number of hydrogen-bond donors (Lipinski definition) is 1. The second-order valence-electron chi connectivity index (χ2n) is 6.34. The van der Waals surface area contributed by atoms with E-state index in [1.807, 2.05) is 4.90 Å². The molecule has 7 nitrogen and oxygen atoms in total. The van der Waals surface area contributed by atoms with Gasteiger partial charge in [-0.1, -0.05) is 23.2 Å². The van der Waals surface area contributed by atoms with Crippen LogP contribution in [-0.4, -0.2) is 71.6 Å². The Morgan fingerprint density at radius 1 is 1.08 bits per heavy atom. The fourth-order valence-electron chi connectivity index (χ4n) is 2.83. The molecule has 0 aliphatic carbocycles. The van der Waals surface area contributed by atoms with Gasteiger partial charge in [-0.2, -0.15) is 4.31 Å². The highest BCUT2D eigenvalue weighted by Crippen LogP contribution is 2.33. The molecule has 0 atom stereocenters. The molecule has 0 saturated carbocycles. The number of piperazine rings is 1. The third-order valence-electron chi connectivity index (χ3n) is 4.38. The van der Waals surface area contributed by atoms with E-state index in [9.17, 15) is 16.8 Å². The van der Waals surface area contributed by atoms with Gasteiger partial charge in [-0.05, 0) is 31.0 Å². The van der Waals surface area contributed by atoms with Crippen LogP contribution in [0.1, 0.15) is 11.1 Å². The highest BCUT2D eigenvalue weighted by atomic mass is 35.5. The monoisotopic (exact) mass is 443 g/mol. The average Bonchev–Trinajstić information content (AvgIpc) is 2.52. The Bertz CT molecular complexity index is 854. The first-order valence-corrected chi connectivity index (χ1v) is 12.1. The van der Waals surface area contributed by atoms with Crippen molar-refractivity contribution in [2.24, 2.45) is 0 Å². The first-order chi connectivity index (χ1) is 11.9. The molecule has 0 aromatic heterocycles. The minimum Gasteiger partial charge on any atom is -0.299 e. The van der Waals surface area contributed by atoms with E-state index >= 15 is 0 Å². The Labute approximate surface area is 165 Å². The lowest BCUT2D eigenvalue weighted by atomic mass is 10.2. The number of nitrogens with zero attached hydrogens (tertiary/aromatic N) is 2. The van der Waals surface area contributed by atoms with Crippen molar-refractivity contribution in [2.45, 2.75) is 18.7 Å². The van der Waals surface area contributed by atoms with E-state index in [4.69, 9.17) is 23.2 Å². The quantitative estimate of drug-likeness (QED) is 0.718. The molecule has 0 amide bonds. The summed E-state index contributed by atoms with van der Waals surface area (Å²) in [6.45, 7) is 5.93. The van der Waals surface area contributed by atoms with Crippen LogP contribution < -0.4 is 4.72 Å². The van der Waals surface area contributed by atoms with Crippen LogP contribution in [0.5, 0.6) is 0 Å². The van der Waals surface area contributed by atoms with Gasteiger partial charge < -0.3 is 0 Å². The van der Waals surface area contributed by atoms with Crippen LogP contribution in [0, 0.1) is 13.8 Å². The van der Waals surface area contributed by atoms with Gasteiger partial charge in [0.05, 0.1) is 11.3 Å². The fourth-order valence-corrected chi connectivity index (χ4v) is 5.88. The third-order valence-corrected chi connectivity index (χ3v) is 8.30. The lowest BCUT2D eigenvalue weighted by molar-refractivity contribution is 0.192. The van der Waals surface area contributed by atoms with Crippen LogP contribution >= 0.6 is 23.2 Å². The van der Waals surface area contributed by atoms with Crippen molar-refractivity contribution in [3.63, 3.8) is 0 Å². The van der Waals surface area contributed by atoms with Crippen molar-refractivity contribution in [3.05, 3.63) is 27.2 Å². The zero-order valence-corrected chi connectivity index (χ0v) is 18.1. The summed E-state index contributed by atoms with van der Waals surface area (Å²) in [6, 6.07) is 1.64. The molecule has 148 valence electrons. The summed E-state index contributed by atoms with van der Waals surface area (Å²) in [7, 11) is -6.98. The Kier molecular flexibility index (Phi) is 6.98. The maximum absolute atomic E-state index is 12.6. The molecule has 1 aliphatic heterocycles. The van der Waals surface area contributed by atoms with E-state index in [-0.39, 0.29) is 16.5 Å². The van der Waals surface area contributed by atoms with E-state index in [2.05, 4.69) is 4.72 Å². The van der Waals surface area contributed by atoms with Gasteiger partial charge in [0, 0.05) is 44.3 Å². The highest BCUT2D eigenvalue weighted by molar-refractivity contribution is 7.89. The van der Waals surface area contributed by atoms with Crippen molar-refractivity contribution in [1.82, 2.24) is 13.9 Å². The van der Waals surface area contributed by atoms with E-state index in [0.29, 0.717) is 48.9 Å². The largest absolute Gasteiger partial charge is 0.299 e. The first kappa shape index (κ1) is 21.9. The van der Waals surface area contributed by atoms with Gasteiger partial charge in [0.1, 0.15) is 4.90 Å². The predicted octanol–water partition coefficient (Wildman–Crippen LogP) is 1.47. The fraction of sp³-hybridized carbons (Fsp3) is 0.600. The molecule has 2 rings (SSSR count). The number of aryl methyl sites for hydroxylation is 1. The molecule has 11 heteroatoms. The molecule has 1 aromatic rings.